The molecule has 0 spiro atoms. The topological polar surface area (TPSA) is 85.4 Å². The molecule has 0 saturated heterocycles. The van der Waals surface area contributed by atoms with Gasteiger partial charge in [-0.25, -0.2) is 4.68 Å². The molecule has 0 aliphatic rings. The average Bonchev–Trinajstić information content (AvgIpc) is 2.86. The Labute approximate surface area is 91.1 Å². The summed E-state index contributed by atoms with van der Waals surface area (Å²) in [5.41, 5.74) is 9.32. The minimum Gasteiger partial charge on any atom is -0.382 e. The number of rotatable bonds is 1. The summed E-state index contributed by atoms with van der Waals surface area (Å²) in [7, 11) is 1.86. The molecule has 0 radical (unpaired) electrons. The molecule has 16 heavy (non-hydrogen) atoms. The van der Waals surface area contributed by atoms with Gasteiger partial charge in [0.1, 0.15) is 11.3 Å². The molecule has 0 amide bonds. The van der Waals surface area contributed by atoms with Crippen molar-refractivity contribution in [2.24, 2.45) is 7.05 Å². The number of hydrogen-bond acceptors (Lipinski definition) is 4. The van der Waals surface area contributed by atoms with E-state index in [9.17, 15) is 0 Å². The van der Waals surface area contributed by atoms with Crippen LogP contribution in [0.15, 0.2) is 24.3 Å². The number of nitrogen functional groups attached to an aromatic ring is 1. The van der Waals surface area contributed by atoms with Crippen LogP contribution in [0.25, 0.3) is 22.3 Å². The van der Waals surface area contributed by atoms with Crippen LogP contribution in [-0.4, -0.2) is 25.2 Å². The molecule has 0 bridgehead atoms. The third-order valence-corrected chi connectivity index (χ3v) is 2.52. The number of hydrogen-bond donors (Lipinski definition) is 2. The third kappa shape index (κ3) is 1.23. The molecule has 2 heterocycles. The van der Waals surface area contributed by atoms with E-state index in [1.165, 1.54) is 0 Å². The second-order valence-electron chi connectivity index (χ2n) is 3.62. The lowest BCUT2D eigenvalue weighted by Gasteiger charge is -1.97. The minimum absolute atomic E-state index is 0.484. The quantitative estimate of drug-likeness (QED) is 0.631. The van der Waals surface area contributed by atoms with Crippen molar-refractivity contribution in [3.05, 3.63) is 24.3 Å². The summed E-state index contributed by atoms with van der Waals surface area (Å²) in [6, 6.07) is 7.69. The van der Waals surface area contributed by atoms with Gasteiger partial charge in [-0.15, -0.1) is 5.10 Å². The van der Waals surface area contributed by atoms with Crippen molar-refractivity contribution in [1.29, 1.82) is 0 Å². The van der Waals surface area contributed by atoms with Crippen molar-refractivity contribution >= 4 is 16.9 Å². The summed E-state index contributed by atoms with van der Waals surface area (Å²) in [5, 5.41) is 14.7. The lowest BCUT2D eigenvalue weighted by molar-refractivity contribution is 0.736. The van der Waals surface area contributed by atoms with E-state index in [0.29, 0.717) is 5.82 Å². The number of aromatic nitrogens is 5. The van der Waals surface area contributed by atoms with E-state index in [4.69, 9.17) is 5.73 Å². The van der Waals surface area contributed by atoms with Crippen LogP contribution in [0, 0.1) is 0 Å². The van der Waals surface area contributed by atoms with Gasteiger partial charge in [-0.2, -0.15) is 5.10 Å². The number of benzene rings is 1. The lowest BCUT2D eigenvalue weighted by atomic mass is 10.1. The maximum Gasteiger partial charge on any atom is 0.145 e. The van der Waals surface area contributed by atoms with Crippen LogP contribution in [0.3, 0.4) is 0 Å². The SMILES string of the molecule is Cn1nnc2ccc(-c3cc(N)n[nH]3)cc21. The fraction of sp³-hybridized carbons (Fsp3) is 0.100. The molecule has 0 aliphatic heterocycles. The molecule has 80 valence electrons. The minimum atomic E-state index is 0.484. The fourth-order valence-electron chi connectivity index (χ4n) is 1.68. The van der Waals surface area contributed by atoms with Crippen LogP contribution in [-0.2, 0) is 7.05 Å². The van der Waals surface area contributed by atoms with E-state index >= 15 is 0 Å². The van der Waals surface area contributed by atoms with Gasteiger partial charge in [0.25, 0.3) is 0 Å². The lowest BCUT2D eigenvalue weighted by Crippen LogP contribution is -1.89. The highest BCUT2D eigenvalue weighted by Gasteiger charge is 2.05. The molecular formula is C10H10N6. The van der Waals surface area contributed by atoms with Crippen molar-refractivity contribution in [2.75, 3.05) is 5.73 Å². The molecule has 3 N–H and O–H groups in total. The zero-order valence-electron chi connectivity index (χ0n) is 8.68. The first-order valence-corrected chi connectivity index (χ1v) is 4.85. The number of fused-ring (bicyclic) bond motifs is 1. The van der Waals surface area contributed by atoms with E-state index in [-0.39, 0.29) is 0 Å². The number of nitrogens with zero attached hydrogens (tertiary/aromatic N) is 4. The number of anilines is 1. The van der Waals surface area contributed by atoms with Gasteiger partial charge in [-0.3, -0.25) is 5.10 Å². The largest absolute Gasteiger partial charge is 0.382 e. The molecule has 0 atom stereocenters. The van der Waals surface area contributed by atoms with Crippen molar-refractivity contribution < 1.29 is 0 Å². The highest BCUT2D eigenvalue weighted by molar-refractivity contribution is 5.80. The number of aryl methyl sites for hydroxylation is 1. The van der Waals surface area contributed by atoms with E-state index in [0.717, 1.165) is 22.3 Å². The summed E-state index contributed by atoms with van der Waals surface area (Å²) < 4.78 is 1.73. The van der Waals surface area contributed by atoms with Crippen LogP contribution in [0.4, 0.5) is 5.82 Å². The first kappa shape index (κ1) is 8.90. The zero-order chi connectivity index (χ0) is 11.1. The van der Waals surface area contributed by atoms with E-state index < -0.39 is 0 Å². The third-order valence-electron chi connectivity index (χ3n) is 2.52. The maximum atomic E-state index is 5.57. The van der Waals surface area contributed by atoms with Crippen LogP contribution in [0.2, 0.25) is 0 Å². The summed E-state index contributed by atoms with van der Waals surface area (Å²) in [6.07, 6.45) is 0. The van der Waals surface area contributed by atoms with E-state index in [2.05, 4.69) is 20.5 Å². The molecule has 1 aromatic carbocycles. The molecule has 0 aliphatic carbocycles. The number of H-pyrrole nitrogens is 1. The summed E-state index contributed by atoms with van der Waals surface area (Å²) in [4.78, 5) is 0. The monoisotopic (exact) mass is 214 g/mol. The second kappa shape index (κ2) is 3.06. The van der Waals surface area contributed by atoms with Gasteiger partial charge in [0.15, 0.2) is 0 Å². The molecule has 0 fully saturated rings. The van der Waals surface area contributed by atoms with Gasteiger partial charge in [0.05, 0.1) is 11.2 Å². The Morgan fingerprint density at radius 2 is 2.19 bits per heavy atom. The van der Waals surface area contributed by atoms with E-state index in [1.54, 1.807) is 10.7 Å². The zero-order valence-corrected chi connectivity index (χ0v) is 8.68. The Morgan fingerprint density at radius 3 is 2.94 bits per heavy atom. The highest BCUT2D eigenvalue weighted by atomic mass is 15.4. The molecule has 6 heteroatoms. The van der Waals surface area contributed by atoms with Crippen LogP contribution < -0.4 is 5.73 Å². The normalized spacial score (nSPS) is 11.1. The first-order chi connectivity index (χ1) is 7.74. The molecule has 0 unspecified atom stereocenters. The van der Waals surface area contributed by atoms with Gasteiger partial charge >= 0.3 is 0 Å². The van der Waals surface area contributed by atoms with Gasteiger partial charge < -0.3 is 5.73 Å². The highest BCUT2D eigenvalue weighted by Crippen LogP contribution is 2.22. The molecule has 3 aromatic rings. The van der Waals surface area contributed by atoms with Crippen molar-refractivity contribution in [3.8, 4) is 11.3 Å². The summed E-state index contributed by atoms with van der Waals surface area (Å²) >= 11 is 0. The van der Waals surface area contributed by atoms with Crippen LogP contribution >= 0.6 is 0 Å². The summed E-state index contributed by atoms with van der Waals surface area (Å²) in [6.45, 7) is 0. The Kier molecular flexibility index (Phi) is 1.70. The van der Waals surface area contributed by atoms with Gasteiger partial charge in [-0.1, -0.05) is 11.3 Å². The smallest absolute Gasteiger partial charge is 0.145 e. The average molecular weight is 214 g/mol. The molecule has 2 aromatic heterocycles. The predicted octanol–water partition coefficient (Wildman–Crippen LogP) is 0.941. The van der Waals surface area contributed by atoms with Crippen molar-refractivity contribution in [1.82, 2.24) is 25.2 Å². The van der Waals surface area contributed by atoms with Gasteiger partial charge in [0.2, 0.25) is 0 Å². The van der Waals surface area contributed by atoms with Gasteiger partial charge in [-0.05, 0) is 12.1 Å². The Hall–Kier alpha value is -2.37. The van der Waals surface area contributed by atoms with Crippen molar-refractivity contribution in [2.45, 2.75) is 0 Å². The standard InChI is InChI=1S/C10H10N6/c1-16-9-4-6(2-3-7(9)13-15-16)8-5-10(11)14-12-8/h2-5H,1H3,(H3,11,12,14). The Balaban J connectivity index is 2.21. The first-order valence-electron chi connectivity index (χ1n) is 4.85. The summed E-state index contributed by atoms with van der Waals surface area (Å²) in [5.74, 6) is 0.484. The molecule has 0 saturated carbocycles. The van der Waals surface area contributed by atoms with E-state index in [1.807, 2.05) is 25.2 Å². The van der Waals surface area contributed by atoms with Crippen LogP contribution in [0.1, 0.15) is 0 Å². The second-order valence-corrected chi connectivity index (χ2v) is 3.62. The number of aromatic amines is 1. The molecule has 3 rings (SSSR count). The van der Waals surface area contributed by atoms with Crippen molar-refractivity contribution in [3.63, 3.8) is 0 Å². The molecule has 6 nitrogen and oxygen atoms in total. The number of nitrogens with two attached hydrogens (primary N) is 1. The Bertz CT molecular complexity index is 650. The van der Waals surface area contributed by atoms with Gasteiger partial charge in [0, 0.05) is 18.7 Å². The fourth-order valence-corrected chi connectivity index (χ4v) is 1.68. The number of nitrogens with one attached hydrogen (secondary N) is 1. The predicted molar refractivity (Wildman–Crippen MR) is 60.5 cm³/mol. The van der Waals surface area contributed by atoms with Crippen LogP contribution in [0.5, 0.6) is 0 Å². The Morgan fingerprint density at radius 1 is 1.31 bits per heavy atom. The maximum absolute atomic E-state index is 5.57. The molecular weight excluding hydrogens is 204 g/mol.